The number of halogens is 4. The van der Waals surface area contributed by atoms with Crippen LogP contribution < -0.4 is 0 Å². The van der Waals surface area contributed by atoms with E-state index in [0.29, 0.717) is 5.92 Å². The van der Waals surface area contributed by atoms with Gasteiger partial charge in [0.15, 0.2) is 0 Å². The number of hydrogen-bond donors (Lipinski definition) is 2. The molecule has 178 valence electrons. The summed E-state index contributed by atoms with van der Waals surface area (Å²) < 4.78 is 46.7. The molecule has 12 heteroatoms. The first-order valence-corrected chi connectivity index (χ1v) is 10.3. The number of aromatic amines is 1. The maximum absolute atomic E-state index is 13.0. The van der Waals surface area contributed by atoms with Crippen LogP contribution in [0.25, 0.3) is 11.3 Å². The van der Waals surface area contributed by atoms with Crippen molar-refractivity contribution in [3.8, 4) is 11.3 Å². The number of likely N-dealkylation sites (tertiary alicyclic amines) is 1. The third-order valence-electron chi connectivity index (χ3n) is 5.22. The Morgan fingerprint density at radius 3 is 2.39 bits per heavy atom. The lowest BCUT2D eigenvalue weighted by Crippen LogP contribution is -2.34. The number of piperidine rings is 1. The fourth-order valence-electron chi connectivity index (χ4n) is 3.52. The molecule has 3 heterocycles. The first-order chi connectivity index (χ1) is 15.6. The van der Waals surface area contributed by atoms with Crippen LogP contribution in [0.15, 0.2) is 36.5 Å². The Balaban J connectivity index is 0.000000383. The molecule has 1 saturated heterocycles. The molecule has 3 aromatic rings. The molecular formula is C21H24F4N6O2. The molecule has 2 N–H and O–H groups in total. The Hall–Kier alpha value is -3.28. The lowest BCUT2D eigenvalue weighted by Gasteiger charge is -2.31. The molecule has 33 heavy (non-hydrogen) atoms. The number of nitrogens with zero attached hydrogens (tertiary/aromatic N) is 5. The molecule has 0 amide bonds. The smallest absolute Gasteiger partial charge is 0.475 e. The van der Waals surface area contributed by atoms with Crippen LogP contribution in [-0.4, -0.2) is 60.4 Å². The number of carboxylic acid groups (broad SMARTS) is 1. The van der Waals surface area contributed by atoms with Gasteiger partial charge >= 0.3 is 12.1 Å². The Bertz CT molecular complexity index is 1040. The summed E-state index contributed by atoms with van der Waals surface area (Å²) in [7, 11) is 0. The van der Waals surface area contributed by atoms with Gasteiger partial charge in [-0.1, -0.05) is 5.21 Å². The third kappa shape index (κ3) is 7.38. The zero-order chi connectivity index (χ0) is 24.0. The van der Waals surface area contributed by atoms with E-state index < -0.39 is 12.1 Å². The highest BCUT2D eigenvalue weighted by Crippen LogP contribution is 2.22. The zero-order valence-corrected chi connectivity index (χ0v) is 17.9. The van der Waals surface area contributed by atoms with Gasteiger partial charge in [-0.25, -0.2) is 9.18 Å². The lowest BCUT2D eigenvalue weighted by atomic mass is 9.97. The highest BCUT2D eigenvalue weighted by atomic mass is 19.4. The second-order valence-electron chi connectivity index (χ2n) is 7.90. The average molecular weight is 468 g/mol. The van der Waals surface area contributed by atoms with Crippen LogP contribution in [0.1, 0.15) is 24.2 Å². The van der Waals surface area contributed by atoms with Crippen molar-refractivity contribution in [2.75, 3.05) is 13.1 Å². The normalized spacial score (nSPS) is 15.2. The Morgan fingerprint density at radius 2 is 1.85 bits per heavy atom. The average Bonchev–Trinajstić information content (AvgIpc) is 3.39. The van der Waals surface area contributed by atoms with Crippen molar-refractivity contribution in [3.05, 3.63) is 53.7 Å². The molecule has 0 atom stereocenters. The van der Waals surface area contributed by atoms with E-state index in [1.54, 1.807) is 12.1 Å². The molecule has 0 unspecified atom stereocenters. The first-order valence-electron chi connectivity index (χ1n) is 10.3. The third-order valence-corrected chi connectivity index (χ3v) is 5.22. The van der Waals surface area contributed by atoms with Crippen LogP contribution >= 0.6 is 0 Å². The summed E-state index contributed by atoms with van der Waals surface area (Å²) in [5.74, 6) is -2.39. The van der Waals surface area contributed by atoms with Gasteiger partial charge in [0.25, 0.3) is 0 Å². The van der Waals surface area contributed by atoms with Crippen LogP contribution in [0.5, 0.6) is 0 Å². The summed E-state index contributed by atoms with van der Waals surface area (Å²) >= 11 is 0. The van der Waals surface area contributed by atoms with E-state index in [2.05, 4.69) is 31.5 Å². The van der Waals surface area contributed by atoms with Gasteiger partial charge in [-0.3, -0.25) is 14.7 Å². The van der Waals surface area contributed by atoms with E-state index in [0.717, 1.165) is 61.7 Å². The van der Waals surface area contributed by atoms with Gasteiger partial charge in [-0.05, 0) is 69.1 Å². The summed E-state index contributed by atoms with van der Waals surface area (Å²) in [6.07, 6.45) is -0.837. The summed E-state index contributed by atoms with van der Waals surface area (Å²) in [6, 6.07) is 8.48. The van der Waals surface area contributed by atoms with Gasteiger partial charge in [-0.15, -0.1) is 5.10 Å². The van der Waals surface area contributed by atoms with E-state index in [4.69, 9.17) is 9.90 Å². The number of carboxylic acids is 1. The summed E-state index contributed by atoms with van der Waals surface area (Å²) in [5, 5.41) is 22.9. The van der Waals surface area contributed by atoms with Gasteiger partial charge in [-0.2, -0.15) is 18.3 Å². The number of aliphatic carboxylic acids is 1. The van der Waals surface area contributed by atoms with Gasteiger partial charge in [0.2, 0.25) is 0 Å². The minimum atomic E-state index is -5.08. The summed E-state index contributed by atoms with van der Waals surface area (Å²) in [6.45, 7) is 5.98. The first kappa shape index (κ1) is 24.4. The monoisotopic (exact) mass is 468 g/mol. The van der Waals surface area contributed by atoms with E-state index >= 15 is 0 Å². The maximum Gasteiger partial charge on any atom is 0.490 e. The number of nitrogens with one attached hydrogen (secondary N) is 1. The molecule has 1 aliphatic heterocycles. The van der Waals surface area contributed by atoms with Crippen LogP contribution in [-0.2, 0) is 17.9 Å². The molecule has 0 bridgehead atoms. The number of alkyl halides is 3. The Kier molecular flexibility index (Phi) is 7.79. The Labute approximate surface area is 187 Å². The van der Waals surface area contributed by atoms with Crippen LogP contribution in [0.4, 0.5) is 17.6 Å². The summed E-state index contributed by atoms with van der Waals surface area (Å²) in [4.78, 5) is 11.4. The molecule has 0 spiro atoms. The molecule has 1 fully saturated rings. The topological polar surface area (TPSA) is 99.9 Å². The number of carbonyl (C=O) groups is 1. The number of benzene rings is 1. The predicted octanol–water partition coefficient (Wildman–Crippen LogP) is 3.66. The van der Waals surface area contributed by atoms with Crippen molar-refractivity contribution in [2.45, 2.75) is 39.0 Å². The second kappa shape index (κ2) is 10.6. The maximum atomic E-state index is 13.0. The van der Waals surface area contributed by atoms with Crippen LogP contribution in [0.2, 0.25) is 0 Å². The molecule has 2 aromatic heterocycles. The van der Waals surface area contributed by atoms with E-state index in [1.807, 2.05) is 17.8 Å². The fourth-order valence-corrected chi connectivity index (χ4v) is 3.52. The molecule has 0 saturated carbocycles. The van der Waals surface area contributed by atoms with Crippen molar-refractivity contribution < 1.29 is 27.5 Å². The molecule has 1 aliphatic rings. The molecular weight excluding hydrogens is 444 g/mol. The highest BCUT2D eigenvalue weighted by Gasteiger charge is 2.38. The fraction of sp³-hybridized carbons (Fsp3) is 0.429. The van der Waals surface area contributed by atoms with Crippen molar-refractivity contribution in [1.29, 1.82) is 0 Å². The number of aromatic nitrogens is 5. The van der Waals surface area contributed by atoms with E-state index in [1.165, 1.54) is 12.1 Å². The SMILES string of the molecule is Cc1cc(CN2CCC(Cn3cc(-c4ccc(F)cc4)nn3)CC2)n[nH]1.O=C(O)C(F)(F)F. The van der Waals surface area contributed by atoms with Gasteiger partial charge in [0.05, 0.1) is 11.9 Å². The molecule has 0 radical (unpaired) electrons. The van der Waals surface area contributed by atoms with Crippen LogP contribution in [0, 0.1) is 18.7 Å². The quantitative estimate of drug-likeness (QED) is 0.555. The minimum absolute atomic E-state index is 0.238. The Morgan fingerprint density at radius 1 is 1.21 bits per heavy atom. The van der Waals surface area contributed by atoms with Crippen molar-refractivity contribution in [2.24, 2.45) is 5.92 Å². The van der Waals surface area contributed by atoms with Crippen LogP contribution in [0.3, 0.4) is 0 Å². The molecule has 8 nitrogen and oxygen atoms in total. The number of rotatable bonds is 5. The van der Waals surface area contributed by atoms with E-state index in [9.17, 15) is 17.6 Å². The molecule has 1 aromatic carbocycles. The van der Waals surface area contributed by atoms with Crippen molar-refractivity contribution in [3.63, 3.8) is 0 Å². The van der Waals surface area contributed by atoms with Crippen molar-refractivity contribution in [1.82, 2.24) is 30.1 Å². The minimum Gasteiger partial charge on any atom is -0.475 e. The van der Waals surface area contributed by atoms with Crippen molar-refractivity contribution >= 4 is 5.97 Å². The highest BCUT2D eigenvalue weighted by molar-refractivity contribution is 5.73. The van der Waals surface area contributed by atoms with Gasteiger partial charge < -0.3 is 5.11 Å². The zero-order valence-electron chi connectivity index (χ0n) is 17.9. The van der Waals surface area contributed by atoms with Gasteiger partial charge in [0.1, 0.15) is 11.5 Å². The second-order valence-corrected chi connectivity index (χ2v) is 7.90. The number of aryl methyl sites for hydroxylation is 1. The molecule has 4 rings (SSSR count). The number of H-pyrrole nitrogens is 1. The summed E-state index contributed by atoms with van der Waals surface area (Å²) in [5.41, 5.74) is 3.90. The number of hydrogen-bond acceptors (Lipinski definition) is 5. The van der Waals surface area contributed by atoms with E-state index in [-0.39, 0.29) is 5.82 Å². The largest absolute Gasteiger partial charge is 0.490 e. The van der Waals surface area contributed by atoms with Gasteiger partial charge in [0, 0.05) is 24.3 Å². The molecule has 0 aliphatic carbocycles. The standard InChI is InChI=1S/C19H23FN6.C2HF3O2/c1-14-10-18(22-21-14)12-25-8-6-15(7-9-25)11-26-13-19(23-24-26)16-2-4-17(20)5-3-16;3-2(4,5)1(6)7/h2-5,10,13,15H,6-9,11-12H2,1H3,(H,21,22);(H,6,7). The predicted molar refractivity (Wildman–Crippen MR) is 110 cm³/mol. The lowest BCUT2D eigenvalue weighted by molar-refractivity contribution is -0.192.